The Hall–Kier alpha value is -6.04. The summed E-state index contributed by atoms with van der Waals surface area (Å²) >= 11 is 0. The maximum absolute atomic E-state index is 13.5. The number of aromatic nitrogens is 2. The van der Waals surface area contributed by atoms with Crippen LogP contribution in [0.3, 0.4) is 0 Å². The summed E-state index contributed by atoms with van der Waals surface area (Å²) in [6.07, 6.45) is 1.65. The normalized spacial score (nSPS) is 17.6. The van der Waals surface area contributed by atoms with Crippen molar-refractivity contribution in [3.05, 3.63) is 119 Å². The van der Waals surface area contributed by atoms with Crippen LogP contribution in [-0.2, 0) is 35.7 Å². The molecule has 0 radical (unpaired) electrons. The summed E-state index contributed by atoms with van der Waals surface area (Å²) < 4.78 is 24.4. The molecule has 2 amide bonds. The van der Waals surface area contributed by atoms with Crippen LogP contribution in [0.4, 0.5) is 21.1 Å². The predicted molar refractivity (Wildman–Crippen MR) is 233 cm³/mol. The van der Waals surface area contributed by atoms with E-state index in [9.17, 15) is 9.59 Å². The van der Waals surface area contributed by atoms with Crippen LogP contribution in [0.15, 0.2) is 97.1 Å². The number of likely N-dealkylation sites (tertiary alicyclic amines) is 1. The molecule has 0 N–H and O–H groups in total. The highest BCUT2D eigenvalue weighted by Crippen LogP contribution is 2.38. The zero-order valence-corrected chi connectivity index (χ0v) is 35.4. The van der Waals surface area contributed by atoms with Crippen molar-refractivity contribution in [1.82, 2.24) is 19.8 Å². The molecule has 3 aliphatic rings. The van der Waals surface area contributed by atoms with E-state index in [1.165, 1.54) is 0 Å². The zero-order valence-electron chi connectivity index (χ0n) is 35.4. The van der Waals surface area contributed by atoms with Gasteiger partial charge in [0.15, 0.2) is 0 Å². The Morgan fingerprint density at radius 1 is 0.767 bits per heavy atom. The van der Waals surface area contributed by atoms with Gasteiger partial charge in [0.25, 0.3) is 0 Å². The Morgan fingerprint density at radius 3 is 2.17 bits per heavy atom. The molecular weight excluding hydrogens is 757 g/mol. The van der Waals surface area contributed by atoms with E-state index in [2.05, 4.69) is 72.2 Å². The molecule has 0 unspecified atom stereocenters. The zero-order chi connectivity index (χ0) is 41.9. The van der Waals surface area contributed by atoms with Gasteiger partial charge in [0.1, 0.15) is 37.0 Å². The van der Waals surface area contributed by atoms with Crippen LogP contribution in [-0.4, -0.2) is 88.5 Å². The van der Waals surface area contributed by atoms with Crippen LogP contribution in [0.5, 0.6) is 11.8 Å². The molecule has 2 saturated heterocycles. The van der Waals surface area contributed by atoms with Crippen molar-refractivity contribution in [2.45, 2.75) is 90.8 Å². The first-order valence-corrected chi connectivity index (χ1v) is 21.1. The maximum atomic E-state index is 13.5. The van der Waals surface area contributed by atoms with Gasteiger partial charge >= 0.3 is 18.2 Å². The number of benzene rings is 4. The highest BCUT2D eigenvalue weighted by molar-refractivity contribution is 5.96. The highest BCUT2D eigenvalue weighted by Gasteiger charge is 2.45. The third-order valence-electron chi connectivity index (χ3n) is 11.6. The lowest BCUT2D eigenvalue weighted by Gasteiger charge is -2.38. The molecule has 12 nitrogen and oxygen atoms in total. The smallest absolute Gasteiger partial charge is 0.411 e. The maximum Gasteiger partial charge on any atom is 0.411 e. The Balaban J connectivity index is 1.05. The van der Waals surface area contributed by atoms with E-state index in [0.29, 0.717) is 39.3 Å². The average Bonchev–Trinajstić information content (AvgIpc) is 3.56. The van der Waals surface area contributed by atoms with Crippen molar-refractivity contribution in [3.8, 4) is 11.8 Å². The molecule has 4 heterocycles. The number of hydrogen-bond acceptors (Lipinski definition) is 10. The number of fused-ring (bicyclic) bond motifs is 2. The second-order valence-electron chi connectivity index (χ2n) is 17.5. The van der Waals surface area contributed by atoms with E-state index in [-0.39, 0.29) is 43.0 Å². The van der Waals surface area contributed by atoms with E-state index >= 15 is 0 Å². The van der Waals surface area contributed by atoms with Crippen LogP contribution in [0.2, 0.25) is 0 Å². The number of amides is 2. The van der Waals surface area contributed by atoms with Gasteiger partial charge < -0.3 is 33.6 Å². The minimum Gasteiger partial charge on any atom is -0.489 e. The first kappa shape index (κ1) is 40.7. The number of ether oxygens (including phenoxy) is 4. The molecule has 0 spiro atoms. The van der Waals surface area contributed by atoms with Gasteiger partial charge in [-0.3, -0.25) is 4.90 Å². The van der Waals surface area contributed by atoms with Gasteiger partial charge in [0.05, 0.1) is 18.3 Å². The molecule has 0 aliphatic carbocycles. The molecule has 8 rings (SSSR count). The second kappa shape index (κ2) is 17.3. The predicted octanol–water partition coefficient (Wildman–Crippen LogP) is 8.79. The summed E-state index contributed by atoms with van der Waals surface area (Å²) in [6, 6.07) is 32.6. The lowest BCUT2D eigenvalue weighted by atomic mass is 10.0. The minimum absolute atomic E-state index is 0.204. The number of carbonyl (C=O) groups excluding carboxylic acids is 2. The van der Waals surface area contributed by atoms with Crippen LogP contribution < -0.4 is 19.3 Å². The average molecular weight is 813 g/mol. The molecule has 1 aromatic heterocycles. The monoisotopic (exact) mass is 812 g/mol. The van der Waals surface area contributed by atoms with Gasteiger partial charge in [-0.15, -0.1) is 0 Å². The molecule has 60 heavy (non-hydrogen) atoms. The molecule has 1 atom stereocenters. The van der Waals surface area contributed by atoms with Crippen LogP contribution in [0.25, 0.3) is 10.8 Å². The summed E-state index contributed by atoms with van der Waals surface area (Å²) in [5.74, 6) is 1.63. The van der Waals surface area contributed by atoms with Crippen molar-refractivity contribution >= 4 is 34.5 Å². The van der Waals surface area contributed by atoms with Gasteiger partial charge in [-0.1, -0.05) is 84.9 Å². The molecule has 4 aromatic carbocycles. The Labute approximate surface area is 353 Å². The number of anilines is 2. The summed E-state index contributed by atoms with van der Waals surface area (Å²) in [7, 11) is 0. The molecule has 3 aliphatic heterocycles. The molecular formula is C48H56N6O6. The number of piperazine rings is 1. The van der Waals surface area contributed by atoms with Crippen LogP contribution in [0.1, 0.15) is 69.8 Å². The van der Waals surface area contributed by atoms with Crippen molar-refractivity contribution in [3.63, 3.8) is 0 Å². The molecule has 12 heteroatoms. The summed E-state index contributed by atoms with van der Waals surface area (Å²) in [5.41, 5.74) is 4.10. The number of carbonyl (C=O) groups is 2. The SMILES string of the molecule is CC(C)(C)OC(=O)N1[C@@H](COc2nc3c(c(N4CCN(C(=O)OCc5ccccc5)CC4)n2)CCN(c2cc(OCc4ccccc4)cc4ccccc24)C3)CCC1(C)C. The lowest BCUT2D eigenvalue weighted by Crippen LogP contribution is -2.51. The highest BCUT2D eigenvalue weighted by atomic mass is 16.6. The quantitative estimate of drug-likeness (QED) is 0.136. The molecule has 0 saturated carbocycles. The Kier molecular flexibility index (Phi) is 11.7. The third kappa shape index (κ3) is 9.38. The fourth-order valence-corrected chi connectivity index (χ4v) is 8.48. The van der Waals surface area contributed by atoms with Crippen molar-refractivity contribution in [1.29, 1.82) is 0 Å². The van der Waals surface area contributed by atoms with Crippen LogP contribution >= 0.6 is 0 Å². The van der Waals surface area contributed by atoms with E-state index < -0.39 is 5.60 Å². The number of hydrogen-bond donors (Lipinski definition) is 0. The van der Waals surface area contributed by atoms with E-state index in [1.807, 2.05) is 74.2 Å². The molecule has 0 bridgehead atoms. The summed E-state index contributed by atoms with van der Waals surface area (Å²) in [4.78, 5) is 45.0. The van der Waals surface area contributed by atoms with Crippen molar-refractivity contribution in [2.24, 2.45) is 0 Å². The first-order valence-electron chi connectivity index (χ1n) is 21.1. The van der Waals surface area contributed by atoms with Gasteiger partial charge in [-0.2, -0.15) is 9.97 Å². The third-order valence-corrected chi connectivity index (χ3v) is 11.6. The van der Waals surface area contributed by atoms with Gasteiger partial charge in [0, 0.05) is 61.0 Å². The largest absolute Gasteiger partial charge is 0.489 e. The van der Waals surface area contributed by atoms with E-state index in [1.54, 1.807) is 4.90 Å². The van der Waals surface area contributed by atoms with E-state index in [0.717, 1.165) is 76.2 Å². The van der Waals surface area contributed by atoms with Gasteiger partial charge in [-0.05, 0) is 76.5 Å². The van der Waals surface area contributed by atoms with Crippen molar-refractivity contribution in [2.75, 3.05) is 49.1 Å². The molecule has 2 fully saturated rings. The van der Waals surface area contributed by atoms with Crippen LogP contribution in [0, 0.1) is 0 Å². The second-order valence-corrected chi connectivity index (χ2v) is 17.5. The van der Waals surface area contributed by atoms with Crippen molar-refractivity contribution < 1.29 is 28.5 Å². The standard InChI is InChI=1S/C48H56N6O6/c1-47(2,3)60-46(56)54-37(20-22-48(54,4)5)33-58-44-49-41-30-53(42-29-38(28-36-18-12-13-19-39(36)42)57-31-34-14-8-6-9-15-34)23-21-40(41)43(50-44)51-24-26-52(27-25-51)45(55)59-32-35-16-10-7-11-17-35/h6-19,28-29,37H,20-27,30-33H2,1-5H3/t37-/m1/s1. The van der Waals surface area contributed by atoms with E-state index in [4.69, 9.17) is 28.9 Å². The number of nitrogens with zero attached hydrogens (tertiary/aromatic N) is 6. The van der Waals surface area contributed by atoms with Gasteiger partial charge in [-0.25, -0.2) is 9.59 Å². The lowest BCUT2D eigenvalue weighted by molar-refractivity contribution is -0.00144. The Morgan fingerprint density at radius 2 is 1.45 bits per heavy atom. The fraction of sp³-hybridized carbons (Fsp3) is 0.417. The summed E-state index contributed by atoms with van der Waals surface area (Å²) in [6.45, 7) is 14.2. The fourth-order valence-electron chi connectivity index (χ4n) is 8.48. The number of rotatable bonds is 10. The topological polar surface area (TPSA) is 110 Å². The van der Waals surface area contributed by atoms with Gasteiger partial charge in [0.2, 0.25) is 0 Å². The molecule has 314 valence electrons. The minimum atomic E-state index is -0.620. The first-order chi connectivity index (χ1) is 28.9. The summed E-state index contributed by atoms with van der Waals surface area (Å²) in [5, 5.41) is 2.24. The Bertz CT molecular complexity index is 2290. The molecule has 5 aromatic rings.